The Morgan fingerprint density at radius 1 is 1.14 bits per heavy atom. The number of nitrogens with two attached hydrogens (primary N) is 1. The molecule has 1 atom stereocenters. The molecule has 12 heteroatoms. The Morgan fingerprint density at radius 3 is 2.50 bits per heavy atom. The minimum absolute atomic E-state index is 0.00146. The molecule has 2 aromatic heterocycles. The second-order valence-corrected chi connectivity index (χ2v) is 8.07. The lowest BCUT2D eigenvalue weighted by Gasteiger charge is -2.36. The van der Waals surface area contributed by atoms with Gasteiger partial charge in [-0.3, -0.25) is 14.6 Å². The topological polar surface area (TPSA) is 121 Å². The summed E-state index contributed by atoms with van der Waals surface area (Å²) in [6.45, 7) is -0.586. The summed E-state index contributed by atoms with van der Waals surface area (Å²) in [5, 5.41) is 0. The third kappa shape index (κ3) is 5.53. The zero-order valence-electron chi connectivity index (χ0n) is 19.2. The molecule has 0 saturated heterocycles. The van der Waals surface area contributed by atoms with Crippen LogP contribution >= 0.6 is 0 Å². The Hall–Kier alpha value is -4.22. The number of halogens is 3. The van der Waals surface area contributed by atoms with Gasteiger partial charge in [-0.05, 0) is 23.8 Å². The van der Waals surface area contributed by atoms with Gasteiger partial charge in [0.1, 0.15) is 18.1 Å². The number of hydrogen-bond donors (Lipinski definition) is 1. The van der Waals surface area contributed by atoms with Crippen LogP contribution in [0.15, 0.2) is 48.9 Å². The zero-order valence-corrected chi connectivity index (χ0v) is 19.2. The predicted molar refractivity (Wildman–Crippen MR) is 121 cm³/mol. The lowest BCUT2D eigenvalue weighted by Crippen LogP contribution is -2.48. The van der Waals surface area contributed by atoms with Crippen LogP contribution in [-0.4, -0.2) is 64.1 Å². The van der Waals surface area contributed by atoms with Gasteiger partial charge in [-0.25, -0.2) is 9.97 Å². The Labute approximate surface area is 204 Å². The summed E-state index contributed by atoms with van der Waals surface area (Å²) < 4.78 is 50.2. The van der Waals surface area contributed by atoms with E-state index in [0.717, 1.165) is 16.7 Å². The van der Waals surface area contributed by atoms with E-state index < -0.39 is 37.0 Å². The smallest absolute Gasteiger partial charge is 0.390 e. The van der Waals surface area contributed by atoms with Crippen molar-refractivity contribution in [3.63, 3.8) is 0 Å². The van der Waals surface area contributed by atoms with Crippen LogP contribution in [0.3, 0.4) is 0 Å². The van der Waals surface area contributed by atoms with E-state index in [-0.39, 0.29) is 30.3 Å². The van der Waals surface area contributed by atoms with Crippen molar-refractivity contribution in [2.24, 2.45) is 5.73 Å². The minimum Gasteiger partial charge on any atom is -0.491 e. The van der Waals surface area contributed by atoms with Gasteiger partial charge in [0, 0.05) is 42.7 Å². The van der Waals surface area contributed by atoms with E-state index >= 15 is 0 Å². The summed E-state index contributed by atoms with van der Waals surface area (Å²) in [5.41, 5.74) is 7.28. The predicted octanol–water partition coefficient (Wildman–Crippen LogP) is 3.04. The number of pyridine rings is 1. The van der Waals surface area contributed by atoms with E-state index in [1.54, 1.807) is 24.5 Å². The average molecular weight is 501 g/mol. The van der Waals surface area contributed by atoms with Crippen molar-refractivity contribution in [1.82, 2.24) is 19.9 Å². The van der Waals surface area contributed by atoms with Gasteiger partial charge >= 0.3 is 12.2 Å². The first kappa shape index (κ1) is 24.9. The number of fused-ring (bicyclic) bond motifs is 1. The number of carbonyl (C=O) groups excluding carboxylic acids is 2. The van der Waals surface area contributed by atoms with Gasteiger partial charge in [-0.1, -0.05) is 12.1 Å². The maximum atomic E-state index is 13.3. The van der Waals surface area contributed by atoms with Crippen molar-refractivity contribution in [2.45, 2.75) is 25.1 Å². The molecule has 1 aliphatic heterocycles. The summed E-state index contributed by atoms with van der Waals surface area (Å²) in [7, 11) is 1.45. The fourth-order valence-corrected chi connectivity index (χ4v) is 3.93. The number of methoxy groups -OCH3 is 1. The molecular weight excluding hydrogens is 479 g/mol. The molecule has 1 aliphatic rings. The van der Waals surface area contributed by atoms with Crippen molar-refractivity contribution < 1.29 is 32.2 Å². The van der Waals surface area contributed by atoms with Gasteiger partial charge in [-0.2, -0.15) is 13.2 Å². The first-order valence-electron chi connectivity index (χ1n) is 10.9. The summed E-state index contributed by atoms with van der Waals surface area (Å²) in [6, 6.07) is 7.42. The molecule has 3 heterocycles. The third-order valence-electron chi connectivity index (χ3n) is 5.73. The van der Waals surface area contributed by atoms with Crippen LogP contribution < -0.4 is 15.2 Å². The molecular formula is C24H22F3N5O4. The quantitative estimate of drug-likeness (QED) is 0.528. The zero-order chi connectivity index (χ0) is 25.9. The van der Waals surface area contributed by atoms with Gasteiger partial charge < -0.3 is 20.1 Å². The highest BCUT2D eigenvalue weighted by Crippen LogP contribution is 2.35. The van der Waals surface area contributed by atoms with E-state index in [0.29, 0.717) is 16.9 Å². The molecule has 0 saturated carbocycles. The number of amides is 2. The Balaban J connectivity index is 1.65. The van der Waals surface area contributed by atoms with E-state index in [2.05, 4.69) is 15.0 Å². The summed E-state index contributed by atoms with van der Waals surface area (Å²) in [4.78, 5) is 37.9. The Morgan fingerprint density at radius 2 is 1.89 bits per heavy atom. The fraction of sp³-hybridized carbons (Fsp3) is 0.292. The third-order valence-corrected chi connectivity index (χ3v) is 5.73. The number of carbonyl (C=O) groups is 2. The number of hydrogen-bond acceptors (Lipinski definition) is 7. The summed E-state index contributed by atoms with van der Waals surface area (Å²) in [6.07, 6.45) is -1.17. The second-order valence-electron chi connectivity index (χ2n) is 8.07. The molecule has 1 aromatic carbocycles. The largest absolute Gasteiger partial charge is 0.491 e. The van der Waals surface area contributed by atoms with Crippen LogP contribution in [0.25, 0.3) is 11.1 Å². The van der Waals surface area contributed by atoms with E-state index in [4.69, 9.17) is 15.2 Å². The average Bonchev–Trinajstić information content (AvgIpc) is 2.87. The van der Waals surface area contributed by atoms with Crippen LogP contribution in [0.4, 0.5) is 13.2 Å². The fourth-order valence-electron chi connectivity index (χ4n) is 3.93. The van der Waals surface area contributed by atoms with Crippen LogP contribution in [-0.2, 0) is 6.42 Å². The number of alkyl halides is 3. The molecule has 3 aromatic rings. The van der Waals surface area contributed by atoms with Gasteiger partial charge in [0.05, 0.1) is 25.1 Å². The normalized spacial score (nSPS) is 14.9. The lowest BCUT2D eigenvalue weighted by molar-refractivity contribution is -0.137. The van der Waals surface area contributed by atoms with Crippen molar-refractivity contribution in [1.29, 1.82) is 0 Å². The number of nitrogens with zero attached hydrogens (tertiary/aromatic N) is 4. The molecule has 9 nitrogen and oxygen atoms in total. The SMILES string of the molecule is COc1ncc(-c2cccc3c2C[C@H](N(CCC(F)(F)F)C(=O)c2ccc(C(N)=O)cn2)CO3)cn1. The molecule has 188 valence electrons. The van der Waals surface area contributed by atoms with Gasteiger partial charge in [0.25, 0.3) is 5.91 Å². The monoisotopic (exact) mass is 501 g/mol. The molecule has 0 aliphatic carbocycles. The van der Waals surface area contributed by atoms with Crippen LogP contribution in [0.1, 0.15) is 32.8 Å². The van der Waals surface area contributed by atoms with Crippen molar-refractivity contribution in [2.75, 3.05) is 20.3 Å². The molecule has 0 unspecified atom stereocenters. The highest BCUT2D eigenvalue weighted by molar-refractivity contribution is 5.95. The molecule has 2 amide bonds. The minimum atomic E-state index is -4.47. The second kappa shape index (κ2) is 10.2. The molecule has 2 N–H and O–H groups in total. The highest BCUT2D eigenvalue weighted by Gasteiger charge is 2.35. The molecule has 0 fully saturated rings. The summed E-state index contributed by atoms with van der Waals surface area (Å²) in [5.74, 6) is -0.882. The summed E-state index contributed by atoms with van der Waals surface area (Å²) >= 11 is 0. The van der Waals surface area contributed by atoms with Gasteiger partial charge in [0.2, 0.25) is 5.91 Å². The lowest BCUT2D eigenvalue weighted by atomic mass is 9.93. The van der Waals surface area contributed by atoms with Crippen LogP contribution in [0, 0.1) is 0 Å². The van der Waals surface area contributed by atoms with E-state index in [1.807, 2.05) is 6.07 Å². The van der Waals surface area contributed by atoms with Crippen molar-refractivity contribution in [3.05, 3.63) is 65.7 Å². The van der Waals surface area contributed by atoms with Gasteiger partial charge in [-0.15, -0.1) is 0 Å². The maximum Gasteiger partial charge on any atom is 0.390 e. The molecule has 36 heavy (non-hydrogen) atoms. The Kier molecular flexibility index (Phi) is 7.04. The number of benzene rings is 1. The van der Waals surface area contributed by atoms with Crippen molar-refractivity contribution in [3.8, 4) is 22.9 Å². The molecule has 4 rings (SSSR count). The standard InChI is InChI=1S/C24H22F3N5O4/c1-35-23-30-11-15(12-31-23)17-3-2-4-20-18(17)9-16(13-36-20)32(8-7-24(25,26)27)22(34)19-6-5-14(10-29-19)21(28)33/h2-6,10-12,16H,7-9,13H2,1H3,(H2,28,33)/t16-/m0/s1. The number of aromatic nitrogens is 3. The first-order chi connectivity index (χ1) is 17.2. The molecule has 0 radical (unpaired) electrons. The molecule has 0 spiro atoms. The Bertz CT molecular complexity index is 1250. The van der Waals surface area contributed by atoms with Crippen molar-refractivity contribution >= 4 is 11.8 Å². The molecule has 0 bridgehead atoms. The first-order valence-corrected chi connectivity index (χ1v) is 10.9. The van der Waals surface area contributed by atoms with E-state index in [9.17, 15) is 22.8 Å². The highest BCUT2D eigenvalue weighted by atomic mass is 19.4. The van der Waals surface area contributed by atoms with Gasteiger partial charge in [0.15, 0.2) is 0 Å². The number of primary amides is 1. The maximum absolute atomic E-state index is 13.3. The number of rotatable bonds is 7. The van der Waals surface area contributed by atoms with E-state index in [1.165, 1.54) is 19.2 Å². The van der Waals surface area contributed by atoms with Crippen LogP contribution in [0.5, 0.6) is 11.8 Å². The van der Waals surface area contributed by atoms with Crippen LogP contribution in [0.2, 0.25) is 0 Å². The number of ether oxygens (including phenoxy) is 2.